The number of benzene rings is 2. The van der Waals surface area contributed by atoms with Crippen LogP contribution in [0.15, 0.2) is 64.3 Å². The summed E-state index contributed by atoms with van der Waals surface area (Å²) in [6, 6.07) is 12.1. The zero-order valence-corrected chi connectivity index (χ0v) is 16.3. The van der Waals surface area contributed by atoms with Gasteiger partial charge in [-0.05, 0) is 48.5 Å². The largest absolute Gasteiger partial charge is 0.457 e. The van der Waals surface area contributed by atoms with Gasteiger partial charge < -0.3 is 9.15 Å². The van der Waals surface area contributed by atoms with Gasteiger partial charge in [0.05, 0.1) is 23.1 Å². The molecule has 0 fully saturated rings. The van der Waals surface area contributed by atoms with Crippen molar-refractivity contribution in [3.8, 4) is 5.75 Å². The Kier molecular flexibility index (Phi) is 6.36. The van der Waals surface area contributed by atoms with Gasteiger partial charge in [-0.15, -0.1) is 0 Å². The number of furan rings is 1. The van der Waals surface area contributed by atoms with Gasteiger partial charge in [0.25, 0.3) is 5.91 Å². The maximum absolute atomic E-state index is 12.2. The van der Waals surface area contributed by atoms with Crippen LogP contribution in [0.3, 0.4) is 0 Å². The van der Waals surface area contributed by atoms with Crippen LogP contribution in [0.1, 0.15) is 26.5 Å². The highest BCUT2D eigenvalue weighted by Crippen LogP contribution is 2.23. The maximum Gasteiger partial charge on any atom is 0.379 e. The molecule has 0 saturated carbocycles. The number of nitrogens with one attached hydrogen (secondary N) is 1. The Morgan fingerprint density at radius 1 is 1.04 bits per heavy atom. The molecule has 0 saturated heterocycles. The number of ether oxygens (including phenoxy) is 1. The first-order valence-corrected chi connectivity index (χ1v) is 8.91. The molecule has 0 aliphatic rings. The zero-order valence-electron chi connectivity index (χ0n) is 14.0. The van der Waals surface area contributed by atoms with Crippen LogP contribution in [-0.4, -0.2) is 18.1 Å². The van der Waals surface area contributed by atoms with Gasteiger partial charge in [0.1, 0.15) is 5.75 Å². The molecule has 1 heterocycles. The van der Waals surface area contributed by atoms with E-state index in [2.05, 4.69) is 10.5 Å². The van der Waals surface area contributed by atoms with E-state index in [0.29, 0.717) is 15.6 Å². The highest BCUT2D eigenvalue weighted by molar-refractivity contribution is 6.36. The first-order valence-electron chi connectivity index (χ1n) is 7.78. The Balaban J connectivity index is 1.75. The predicted molar refractivity (Wildman–Crippen MR) is 107 cm³/mol. The van der Waals surface area contributed by atoms with E-state index in [1.807, 2.05) is 0 Å². The third-order valence-corrected chi connectivity index (χ3v) is 4.23. The van der Waals surface area contributed by atoms with Crippen molar-refractivity contribution in [1.29, 1.82) is 0 Å². The molecule has 3 aromatic rings. The lowest BCUT2D eigenvalue weighted by atomic mass is 10.2. The van der Waals surface area contributed by atoms with Crippen molar-refractivity contribution in [2.75, 3.05) is 0 Å². The fraction of sp³-hybridized carbons (Fsp3) is 0. The van der Waals surface area contributed by atoms with Gasteiger partial charge in [0, 0.05) is 15.6 Å². The summed E-state index contributed by atoms with van der Waals surface area (Å²) in [5.74, 6) is -0.982. The fourth-order valence-corrected chi connectivity index (χ4v) is 2.83. The van der Waals surface area contributed by atoms with Crippen LogP contribution in [0.5, 0.6) is 5.75 Å². The van der Waals surface area contributed by atoms with Crippen molar-refractivity contribution in [3.63, 3.8) is 0 Å². The summed E-state index contributed by atoms with van der Waals surface area (Å²) in [6.45, 7) is 0. The number of rotatable bonds is 5. The minimum atomic E-state index is -0.682. The van der Waals surface area contributed by atoms with Crippen molar-refractivity contribution in [2.24, 2.45) is 5.10 Å². The summed E-state index contributed by atoms with van der Waals surface area (Å²) in [5, 5.41) is 4.86. The molecule has 1 N–H and O–H groups in total. The molecule has 0 radical (unpaired) electrons. The van der Waals surface area contributed by atoms with Crippen LogP contribution in [0.25, 0.3) is 0 Å². The minimum absolute atomic E-state index is 0.0449. The average molecular weight is 438 g/mol. The minimum Gasteiger partial charge on any atom is -0.457 e. The Labute approximate surface area is 174 Å². The van der Waals surface area contributed by atoms with Crippen LogP contribution < -0.4 is 10.2 Å². The zero-order chi connectivity index (χ0) is 20.1. The number of hydrazone groups is 1. The maximum atomic E-state index is 12.2. The van der Waals surface area contributed by atoms with Gasteiger partial charge in [-0.3, -0.25) is 4.79 Å². The molecule has 0 aliphatic carbocycles. The molecule has 9 heteroatoms. The summed E-state index contributed by atoms with van der Waals surface area (Å²) in [6.07, 6.45) is 2.65. The van der Waals surface area contributed by atoms with Crippen molar-refractivity contribution in [3.05, 3.63) is 86.7 Å². The number of nitrogens with zero attached hydrogens (tertiary/aromatic N) is 1. The summed E-state index contributed by atoms with van der Waals surface area (Å²) in [4.78, 5) is 24.2. The average Bonchev–Trinajstić information content (AvgIpc) is 3.18. The molecule has 142 valence electrons. The van der Waals surface area contributed by atoms with Gasteiger partial charge >= 0.3 is 5.97 Å². The lowest BCUT2D eigenvalue weighted by Crippen LogP contribution is -2.18. The smallest absolute Gasteiger partial charge is 0.379 e. The van der Waals surface area contributed by atoms with E-state index in [9.17, 15) is 9.59 Å². The van der Waals surface area contributed by atoms with Gasteiger partial charge in [-0.25, -0.2) is 10.2 Å². The summed E-state index contributed by atoms with van der Waals surface area (Å²) in [7, 11) is 0. The van der Waals surface area contributed by atoms with E-state index in [4.69, 9.17) is 44.0 Å². The second-order valence-corrected chi connectivity index (χ2v) is 6.65. The molecule has 1 amide bonds. The van der Waals surface area contributed by atoms with Crippen LogP contribution >= 0.6 is 34.8 Å². The van der Waals surface area contributed by atoms with E-state index < -0.39 is 11.9 Å². The number of hydrogen-bond acceptors (Lipinski definition) is 5. The lowest BCUT2D eigenvalue weighted by molar-refractivity contribution is 0.0701. The number of esters is 1. The standard InChI is InChI=1S/C19H11Cl3N2O4/c20-12-4-6-16(28-19(26)17-2-1-7-27-17)11(8-12)10-23-24-18(25)14-5-3-13(21)9-15(14)22/h1-10H,(H,24,25)/b23-10+. The van der Waals surface area contributed by atoms with E-state index in [1.165, 1.54) is 48.9 Å². The van der Waals surface area contributed by atoms with Crippen LogP contribution in [0.4, 0.5) is 0 Å². The third-order valence-electron chi connectivity index (χ3n) is 3.44. The molecule has 2 aromatic carbocycles. The van der Waals surface area contributed by atoms with E-state index in [-0.39, 0.29) is 22.1 Å². The van der Waals surface area contributed by atoms with Crippen molar-refractivity contribution in [1.82, 2.24) is 5.43 Å². The Bertz CT molecular complexity index is 1050. The van der Waals surface area contributed by atoms with Crippen molar-refractivity contribution in [2.45, 2.75) is 0 Å². The SMILES string of the molecule is O=C(Oc1ccc(Cl)cc1/C=N/NC(=O)c1ccc(Cl)cc1Cl)c1ccco1. The topological polar surface area (TPSA) is 80.9 Å². The van der Waals surface area contributed by atoms with Crippen molar-refractivity contribution >= 4 is 52.9 Å². The molecule has 6 nitrogen and oxygen atoms in total. The van der Waals surface area contributed by atoms with Crippen LogP contribution in [0, 0.1) is 0 Å². The number of amides is 1. The Morgan fingerprint density at radius 2 is 1.79 bits per heavy atom. The van der Waals surface area contributed by atoms with Gasteiger partial charge in [0.15, 0.2) is 0 Å². The van der Waals surface area contributed by atoms with E-state index >= 15 is 0 Å². The molecule has 0 bridgehead atoms. The van der Waals surface area contributed by atoms with Gasteiger partial charge in [-0.1, -0.05) is 34.8 Å². The molecular weight excluding hydrogens is 427 g/mol. The highest BCUT2D eigenvalue weighted by Gasteiger charge is 2.14. The quantitative estimate of drug-likeness (QED) is 0.257. The van der Waals surface area contributed by atoms with E-state index in [1.54, 1.807) is 12.1 Å². The first kappa shape index (κ1) is 19.9. The van der Waals surface area contributed by atoms with Crippen LogP contribution in [0.2, 0.25) is 15.1 Å². The molecule has 28 heavy (non-hydrogen) atoms. The number of hydrogen-bond donors (Lipinski definition) is 1. The molecule has 0 spiro atoms. The number of halogens is 3. The van der Waals surface area contributed by atoms with E-state index in [0.717, 1.165) is 0 Å². The lowest BCUT2D eigenvalue weighted by Gasteiger charge is -2.07. The molecule has 0 aliphatic heterocycles. The number of carbonyl (C=O) groups is 2. The Morgan fingerprint density at radius 3 is 2.50 bits per heavy atom. The number of carbonyl (C=O) groups excluding carboxylic acids is 2. The Hall–Kier alpha value is -2.80. The summed E-state index contributed by atoms with van der Waals surface area (Å²) >= 11 is 17.8. The second-order valence-electron chi connectivity index (χ2n) is 5.37. The molecule has 3 rings (SSSR count). The van der Waals surface area contributed by atoms with Crippen LogP contribution in [-0.2, 0) is 0 Å². The molecule has 0 atom stereocenters. The van der Waals surface area contributed by atoms with Gasteiger partial charge in [-0.2, -0.15) is 5.10 Å². The van der Waals surface area contributed by atoms with Crippen molar-refractivity contribution < 1.29 is 18.7 Å². The molecule has 1 aromatic heterocycles. The predicted octanol–water partition coefficient (Wildman–Crippen LogP) is 5.22. The normalized spacial score (nSPS) is 10.8. The molecular formula is C19H11Cl3N2O4. The highest BCUT2D eigenvalue weighted by atomic mass is 35.5. The third kappa shape index (κ3) is 4.92. The van der Waals surface area contributed by atoms with Gasteiger partial charge in [0.2, 0.25) is 5.76 Å². The summed E-state index contributed by atoms with van der Waals surface area (Å²) in [5.41, 5.74) is 2.91. The molecule has 0 unspecified atom stereocenters. The summed E-state index contributed by atoms with van der Waals surface area (Å²) < 4.78 is 10.3. The second kappa shape index (κ2) is 8.93. The fourth-order valence-electron chi connectivity index (χ4n) is 2.15. The monoisotopic (exact) mass is 436 g/mol. The first-order chi connectivity index (χ1) is 13.4.